The van der Waals surface area contributed by atoms with Gasteiger partial charge in [0.15, 0.2) is 5.16 Å². The molecule has 0 unspecified atom stereocenters. The van der Waals surface area contributed by atoms with Gasteiger partial charge in [-0.05, 0) is 42.3 Å². The van der Waals surface area contributed by atoms with E-state index in [9.17, 15) is 9.59 Å². The van der Waals surface area contributed by atoms with E-state index in [-0.39, 0.29) is 11.5 Å². The molecule has 2 aromatic carbocycles. The Hall–Kier alpha value is -3.14. The van der Waals surface area contributed by atoms with Crippen LogP contribution in [0.5, 0.6) is 5.75 Å². The third-order valence-electron chi connectivity index (χ3n) is 5.21. The van der Waals surface area contributed by atoms with E-state index in [2.05, 4.69) is 15.4 Å². The molecule has 1 N–H and O–H groups in total. The SMILES string of the molecule is COc1ccccc1NC(=O)c1sc2nc3n(c(=O)c2c1C)N=C(c1ccc(Cl)cc1)CS3. The van der Waals surface area contributed by atoms with E-state index in [0.29, 0.717) is 48.0 Å². The van der Waals surface area contributed by atoms with E-state index in [1.807, 2.05) is 24.3 Å². The summed E-state index contributed by atoms with van der Waals surface area (Å²) >= 11 is 8.62. The number of methoxy groups -OCH3 is 1. The van der Waals surface area contributed by atoms with Gasteiger partial charge in [0, 0.05) is 10.8 Å². The first-order valence-corrected chi connectivity index (χ1v) is 12.1. The summed E-state index contributed by atoms with van der Waals surface area (Å²) in [5, 5.41) is 8.97. The highest BCUT2D eigenvalue weighted by atomic mass is 35.5. The zero-order chi connectivity index (χ0) is 23.1. The molecule has 7 nitrogen and oxygen atoms in total. The molecule has 3 heterocycles. The number of aromatic nitrogens is 2. The van der Waals surface area contributed by atoms with Crippen LogP contribution < -0.4 is 15.6 Å². The highest BCUT2D eigenvalue weighted by Gasteiger charge is 2.24. The van der Waals surface area contributed by atoms with Gasteiger partial charge in [-0.3, -0.25) is 9.59 Å². The maximum absolute atomic E-state index is 13.4. The number of nitrogens with zero attached hydrogens (tertiary/aromatic N) is 3. The number of ether oxygens (including phenoxy) is 1. The summed E-state index contributed by atoms with van der Waals surface area (Å²) in [4.78, 5) is 32.0. The predicted octanol–water partition coefficient (Wildman–Crippen LogP) is 5.04. The van der Waals surface area contributed by atoms with E-state index in [4.69, 9.17) is 16.3 Å². The highest BCUT2D eigenvalue weighted by molar-refractivity contribution is 7.99. The van der Waals surface area contributed by atoms with Crippen molar-refractivity contribution in [3.05, 3.63) is 79.9 Å². The van der Waals surface area contributed by atoms with Crippen LogP contribution in [-0.2, 0) is 0 Å². The molecule has 0 saturated carbocycles. The van der Waals surface area contributed by atoms with Crippen molar-refractivity contribution >= 4 is 62.2 Å². The molecule has 166 valence electrons. The molecule has 1 aliphatic rings. The number of para-hydroxylation sites is 2. The molecular formula is C23H17ClN4O3S2. The molecule has 10 heteroatoms. The Morgan fingerprint density at radius 2 is 1.94 bits per heavy atom. The number of hydrogen-bond donors (Lipinski definition) is 1. The fourth-order valence-electron chi connectivity index (χ4n) is 3.55. The lowest BCUT2D eigenvalue weighted by Gasteiger charge is -2.15. The Morgan fingerprint density at radius 3 is 2.70 bits per heavy atom. The lowest BCUT2D eigenvalue weighted by Crippen LogP contribution is -2.25. The third-order valence-corrected chi connectivity index (χ3v) is 7.59. The fraction of sp³-hybridized carbons (Fsp3) is 0.130. The fourth-order valence-corrected chi connectivity index (χ4v) is 5.69. The van der Waals surface area contributed by atoms with Crippen molar-refractivity contribution in [2.75, 3.05) is 18.2 Å². The monoisotopic (exact) mass is 496 g/mol. The summed E-state index contributed by atoms with van der Waals surface area (Å²) in [7, 11) is 1.54. The number of fused-ring (bicyclic) bond motifs is 2. The van der Waals surface area contributed by atoms with Crippen molar-refractivity contribution in [2.24, 2.45) is 5.10 Å². The summed E-state index contributed by atoms with van der Waals surface area (Å²) in [6.45, 7) is 1.76. The van der Waals surface area contributed by atoms with Gasteiger partial charge in [0.25, 0.3) is 11.5 Å². The van der Waals surface area contributed by atoms with E-state index < -0.39 is 0 Å². The van der Waals surface area contributed by atoms with Crippen LogP contribution in [0.1, 0.15) is 20.8 Å². The molecule has 33 heavy (non-hydrogen) atoms. The minimum atomic E-state index is -0.319. The van der Waals surface area contributed by atoms with Crippen molar-refractivity contribution in [3.63, 3.8) is 0 Å². The number of amides is 1. The van der Waals surface area contributed by atoms with Gasteiger partial charge in [0.1, 0.15) is 10.6 Å². The largest absolute Gasteiger partial charge is 0.495 e. The van der Waals surface area contributed by atoms with Gasteiger partial charge in [-0.25, -0.2) is 4.98 Å². The zero-order valence-electron chi connectivity index (χ0n) is 17.6. The Labute approximate surface area is 202 Å². The number of anilines is 1. The van der Waals surface area contributed by atoms with Crippen molar-refractivity contribution < 1.29 is 9.53 Å². The van der Waals surface area contributed by atoms with E-state index in [0.717, 1.165) is 11.3 Å². The number of benzene rings is 2. The molecule has 0 atom stereocenters. The van der Waals surface area contributed by atoms with E-state index >= 15 is 0 Å². The highest BCUT2D eigenvalue weighted by Crippen LogP contribution is 2.32. The maximum Gasteiger partial charge on any atom is 0.283 e. The number of carbonyl (C=O) groups is 1. The number of carbonyl (C=O) groups excluding carboxylic acids is 1. The average molecular weight is 497 g/mol. The van der Waals surface area contributed by atoms with Gasteiger partial charge in [-0.2, -0.15) is 9.78 Å². The lowest BCUT2D eigenvalue weighted by molar-refractivity contribution is 0.102. The number of thiophene rings is 1. The predicted molar refractivity (Wildman–Crippen MR) is 134 cm³/mol. The molecule has 0 spiro atoms. The quantitative estimate of drug-likeness (QED) is 0.400. The van der Waals surface area contributed by atoms with Gasteiger partial charge in [-0.15, -0.1) is 11.3 Å². The first-order chi connectivity index (χ1) is 16.0. The Morgan fingerprint density at radius 1 is 1.18 bits per heavy atom. The van der Waals surface area contributed by atoms with Crippen molar-refractivity contribution in [2.45, 2.75) is 12.1 Å². The summed E-state index contributed by atoms with van der Waals surface area (Å²) in [5.41, 5.74) is 2.49. The Balaban J connectivity index is 1.56. The molecule has 1 amide bonds. The van der Waals surface area contributed by atoms with Gasteiger partial charge < -0.3 is 10.1 Å². The minimum Gasteiger partial charge on any atom is -0.495 e. The van der Waals surface area contributed by atoms with Gasteiger partial charge in [0.05, 0.1) is 28.8 Å². The molecule has 0 aliphatic carbocycles. The minimum absolute atomic E-state index is 0.293. The lowest BCUT2D eigenvalue weighted by atomic mass is 10.1. The first kappa shape index (κ1) is 21.7. The number of aryl methyl sites for hydroxylation is 1. The summed E-state index contributed by atoms with van der Waals surface area (Å²) in [5.74, 6) is 0.810. The molecule has 0 saturated heterocycles. The van der Waals surface area contributed by atoms with Gasteiger partial charge in [-0.1, -0.05) is 47.6 Å². The van der Waals surface area contributed by atoms with E-state index in [1.54, 1.807) is 38.3 Å². The Bertz CT molecular complexity index is 1490. The van der Waals surface area contributed by atoms with Crippen molar-refractivity contribution in [1.29, 1.82) is 0 Å². The molecule has 4 aromatic rings. The number of rotatable bonds is 4. The van der Waals surface area contributed by atoms with Crippen molar-refractivity contribution in [1.82, 2.24) is 9.66 Å². The summed E-state index contributed by atoms with van der Waals surface area (Å²) < 4.78 is 6.63. The first-order valence-electron chi connectivity index (χ1n) is 9.93. The molecule has 5 rings (SSSR count). The van der Waals surface area contributed by atoms with Crippen LogP contribution in [0, 0.1) is 6.92 Å². The summed E-state index contributed by atoms with van der Waals surface area (Å²) in [6.07, 6.45) is 0. The van der Waals surface area contributed by atoms with Crippen LogP contribution in [0.15, 0.2) is 63.6 Å². The molecule has 0 bridgehead atoms. The van der Waals surface area contributed by atoms with Gasteiger partial charge in [0.2, 0.25) is 0 Å². The molecule has 2 aromatic heterocycles. The van der Waals surface area contributed by atoms with Crippen LogP contribution in [-0.4, -0.2) is 34.1 Å². The van der Waals surface area contributed by atoms with Crippen molar-refractivity contribution in [3.8, 4) is 5.75 Å². The van der Waals surface area contributed by atoms with Crippen LogP contribution in [0.25, 0.3) is 10.2 Å². The zero-order valence-corrected chi connectivity index (χ0v) is 20.0. The second kappa shape index (κ2) is 8.66. The normalized spacial score (nSPS) is 12.9. The molecule has 1 aliphatic heterocycles. The number of nitrogens with one attached hydrogen (secondary N) is 1. The standard InChI is InChI=1S/C23H17ClN4O3S2/c1-12-18-21(33-19(12)20(29)25-15-5-3-4-6-17(15)31-2)26-23-28(22(18)30)27-16(11-32-23)13-7-9-14(24)10-8-13/h3-10H,11H2,1-2H3,(H,25,29). The molecule has 0 radical (unpaired) electrons. The third kappa shape index (κ3) is 3.92. The van der Waals surface area contributed by atoms with Gasteiger partial charge >= 0.3 is 0 Å². The van der Waals surface area contributed by atoms with Crippen LogP contribution in [0.2, 0.25) is 5.02 Å². The van der Waals surface area contributed by atoms with Crippen LogP contribution in [0.4, 0.5) is 5.69 Å². The smallest absolute Gasteiger partial charge is 0.283 e. The average Bonchev–Trinajstić information content (AvgIpc) is 3.16. The van der Waals surface area contributed by atoms with Crippen LogP contribution >= 0.6 is 34.7 Å². The number of thioether (sulfide) groups is 1. The number of halogens is 1. The Kier molecular flexibility index (Phi) is 5.69. The summed E-state index contributed by atoms with van der Waals surface area (Å²) in [6, 6.07) is 14.5. The maximum atomic E-state index is 13.4. The number of hydrogen-bond acceptors (Lipinski definition) is 7. The van der Waals surface area contributed by atoms with Crippen LogP contribution in [0.3, 0.4) is 0 Å². The molecule has 0 fully saturated rings. The second-order valence-electron chi connectivity index (χ2n) is 7.24. The molecular weight excluding hydrogens is 480 g/mol. The van der Waals surface area contributed by atoms with E-state index in [1.165, 1.54) is 27.8 Å². The second-order valence-corrected chi connectivity index (χ2v) is 9.62. The topological polar surface area (TPSA) is 85.6 Å².